The molecule has 0 bridgehead atoms. The van der Waals surface area contributed by atoms with Crippen molar-refractivity contribution in [2.75, 3.05) is 7.05 Å². The number of aryl methyl sites for hydroxylation is 1. The van der Waals surface area contributed by atoms with E-state index in [9.17, 15) is 4.79 Å². The summed E-state index contributed by atoms with van der Waals surface area (Å²) in [7, 11) is 1.82. The molecule has 22 heavy (non-hydrogen) atoms. The first-order valence-electron chi connectivity index (χ1n) is 7.62. The molecule has 0 aliphatic heterocycles. The Kier molecular flexibility index (Phi) is 5.59. The molecule has 0 aliphatic carbocycles. The Morgan fingerprint density at radius 3 is 2.32 bits per heavy atom. The number of rotatable bonds is 6. The zero-order chi connectivity index (χ0) is 15.9. The van der Waals surface area contributed by atoms with E-state index >= 15 is 0 Å². The highest BCUT2D eigenvalue weighted by Gasteiger charge is 2.22. The van der Waals surface area contributed by atoms with Gasteiger partial charge in [0, 0.05) is 13.6 Å². The van der Waals surface area contributed by atoms with Crippen LogP contribution in [0.4, 0.5) is 0 Å². The summed E-state index contributed by atoms with van der Waals surface area (Å²) >= 11 is 0. The van der Waals surface area contributed by atoms with Crippen LogP contribution in [0, 0.1) is 6.92 Å². The highest BCUT2D eigenvalue weighted by molar-refractivity contribution is 5.81. The van der Waals surface area contributed by atoms with E-state index in [1.54, 1.807) is 4.90 Å². The van der Waals surface area contributed by atoms with Gasteiger partial charge in [0.2, 0.25) is 0 Å². The second-order valence-electron chi connectivity index (χ2n) is 5.51. The van der Waals surface area contributed by atoms with Crippen LogP contribution in [-0.2, 0) is 11.3 Å². The molecular formula is C19H23NO2. The largest absolute Gasteiger partial charge is 0.481 e. The Labute approximate surface area is 132 Å². The third-order valence-corrected chi connectivity index (χ3v) is 3.58. The monoisotopic (exact) mass is 297 g/mol. The van der Waals surface area contributed by atoms with Crippen molar-refractivity contribution in [3.63, 3.8) is 0 Å². The first-order valence-corrected chi connectivity index (χ1v) is 7.62. The molecule has 0 aliphatic rings. The average Bonchev–Trinajstić information content (AvgIpc) is 2.54. The SMILES string of the molecule is CC[C@H](Oc1ccc(C)cc1)C(=O)N(C)Cc1ccccc1. The highest BCUT2D eigenvalue weighted by atomic mass is 16.5. The standard InChI is InChI=1S/C19H23NO2/c1-4-18(22-17-12-10-15(2)11-13-17)19(21)20(3)14-16-8-6-5-7-9-16/h5-13,18H,4,14H2,1-3H3/t18-/m0/s1. The van der Waals surface area contributed by atoms with Gasteiger partial charge < -0.3 is 9.64 Å². The molecule has 3 heteroatoms. The van der Waals surface area contributed by atoms with Gasteiger partial charge in [0.15, 0.2) is 6.10 Å². The summed E-state index contributed by atoms with van der Waals surface area (Å²) in [5, 5.41) is 0. The number of hydrogen-bond donors (Lipinski definition) is 0. The molecule has 1 amide bonds. The maximum atomic E-state index is 12.6. The summed E-state index contributed by atoms with van der Waals surface area (Å²) < 4.78 is 5.85. The molecule has 1 atom stereocenters. The number of hydrogen-bond acceptors (Lipinski definition) is 2. The first kappa shape index (κ1) is 16.1. The molecule has 2 aromatic carbocycles. The van der Waals surface area contributed by atoms with Gasteiger partial charge in [-0.2, -0.15) is 0 Å². The fraction of sp³-hybridized carbons (Fsp3) is 0.316. The second kappa shape index (κ2) is 7.64. The van der Waals surface area contributed by atoms with Gasteiger partial charge in [-0.3, -0.25) is 4.79 Å². The van der Waals surface area contributed by atoms with Gasteiger partial charge in [-0.05, 0) is 31.0 Å². The minimum atomic E-state index is -0.448. The van der Waals surface area contributed by atoms with Crippen LogP contribution >= 0.6 is 0 Å². The van der Waals surface area contributed by atoms with E-state index in [1.807, 2.05) is 75.5 Å². The Bertz CT molecular complexity index is 593. The Morgan fingerprint density at radius 2 is 1.73 bits per heavy atom. The van der Waals surface area contributed by atoms with Crippen molar-refractivity contribution in [3.05, 3.63) is 65.7 Å². The van der Waals surface area contributed by atoms with E-state index in [2.05, 4.69) is 0 Å². The van der Waals surface area contributed by atoms with E-state index in [-0.39, 0.29) is 5.91 Å². The lowest BCUT2D eigenvalue weighted by atomic mass is 10.2. The minimum Gasteiger partial charge on any atom is -0.481 e. The summed E-state index contributed by atoms with van der Waals surface area (Å²) in [6.07, 6.45) is 0.197. The van der Waals surface area contributed by atoms with Gasteiger partial charge in [-0.1, -0.05) is 55.0 Å². The third-order valence-electron chi connectivity index (χ3n) is 3.58. The molecule has 0 spiro atoms. The number of benzene rings is 2. The van der Waals surface area contributed by atoms with E-state index in [0.29, 0.717) is 13.0 Å². The number of carbonyl (C=O) groups excluding carboxylic acids is 1. The average molecular weight is 297 g/mol. The zero-order valence-corrected chi connectivity index (χ0v) is 13.5. The van der Waals surface area contributed by atoms with Crippen molar-refractivity contribution < 1.29 is 9.53 Å². The number of amides is 1. The van der Waals surface area contributed by atoms with E-state index in [1.165, 1.54) is 5.56 Å². The lowest BCUT2D eigenvalue weighted by Crippen LogP contribution is -2.39. The van der Waals surface area contributed by atoms with E-state index < -0.39 is 6.10 Å². The quantitative estimate of drug-likeness (QED) is 0.811. The number of ether oxygens (including phenoxy) is 1. The van der Waals surface area contributed by atoms with Crippen molar-refractivity contribution in [3.8, 4) is 5.75 Å². The van der Waals surface area contributed by atoms with Crippen LogP contribution in [0.3, 0.4) is 0 Å². The predicted octanol–water partition coefficient (Wildman–Crippen LogP) is 3.81. The molecule has 116 valence electrons. The Morgan fingerprint density at radius 1 is 1.09 bits per heavy atom. The van der Waals surface area contributed by atoms with Crippen LogP contribution in [-0.4, -0.2) is 24.0 Å². The van der Waals surface area contributed by atoms with Crippen LogP contribution in [0.25, 0.3) is 0 Å². The van der Waals surface area contributed by atoms with Crippen molar-refractivity contribution >= 4 is 5.91 Å². The highest BCUT2D eigenvalue weighted by Crippen LogP contribution is 2.16. The van der Waals surface area contributed by atoms with Crippen LogP contribution in [0.15, 0.2) is 54.6 Å². The lowest BCUT2D eigenvalue weighted by molar-refractivity contribution is -0.138. The van der Waals surface area contributed by atoms with Crippen molar-refractivity contribution in [2.45, 2.75) is 32.9 Å². The van der Waals surface area contributed by atoms with Gasteiger partial charge in [-0.25, -0.2) is 0 Å². The molecule has 0 aromatic heterocycles. The number of carbonyl (C=O) groups is 1. The predicted molar refractivity (Wildman–Crippen MR) is 88.8 cm³/mol. The molecule has 2 rings (SSSR count). The normalized spacial score (nSPS) is 11.8. The molecule has 0 unspecified atom stereocenters. The maximum absolute atomic E-state index is 12.6. The Balaban J connectivity index is 2.00. The summed E-state index contributed by atoms with van der Waals surface area (Å²) in [5.74, 6) is 0.742. The van der Waals surface area contributed by atoms with Crippen LogP contribution in [0.5, 0.6) is 5.75 Å². The topological polar surface area (TPSA) is 29.5 Å². The van der Waals surface area contributed by atoms with Gasteiger partial charge in [-0.15, -0.1) is 0 Å². The molecular weight excluding hydrogens is 274 g/mol. The second-order valence-corrected chi connectivity index (χ2v) is 5.51. The van der Waals surface area contributed by atoms with Crippen molar-refractivity contribution in [1.29, 1.82) is 0 Å². The smallest absolute Gasteiger partial charge is 0.263 e. The fourth-order valence-corrected chi connectivity index (χ4v) is 2.27. The van der Waals surface area contributed by atoms with Gasteiger partial charge in [0.25, 0.3) is 5.91 Å². The van der Waals surface area contributed by atoms with Crippen molar-refractivity contribution in [1.82, 2.24) is 4.90 Å². The third kappa shape index (κ3) is 4.35. The lowest BCUT2D eigenvalue weighted by Gasteiger charge is -2.24. The molecule has 0 radical (unpaired) electrons. The summed E-state index contributed by atoms with van der Waals surface area (Å²) in [5.41, 5.74) is 2.29. The van der Waals surface area contributed by atoms with Crippen LogP contribution < -0.4 is 4.74 Å². The van der Waals surface area contributed by atoms with Crippen LogP contribution in [0.2, 0.25) is 0 Å². The Hall–Kier alpha value is -2.29. The van der Waals surface area contributed by atoms with E-state index in [4.69, 9.17) is 4.74 Å². The first-order chi connectivity index (χ1) is 10.6. The maximum Gasteiger partial charge on any atom is 0.263 e. The fourth-order valence-electron chi connectivity index (χ4n) is 2.27. The van der Waals surface area contributed by atoms with Crippen molar-refractivity contribution in [2.24, 2.45) is 0 Å². The van der Waals surface area contributed by atoms with Crippen LogP contribution in [0.1, 0.15) is 24.5 Å². The molecule has 0 heterocycles. The minimum absolute atomic E-state index is 0.00641. The molecule has 0 saturated heterocycles. The number of nitrogens with zero attached hydrogens (tertiary/aromatic N) is 1. The van der Waals surface area contributed by atoms with Gasteiger partial charge >= 0.3 is 0 Å². The molecule has 2 aromatic rings. The van der Waals surface area contributed by atoms with Gasteiger partial charge in [0.05, 0.1) is 0 Å². The molecule has 0 N–H and O–H groups in total. The zero-order valence-electron chi connectivity index (χ0n) is 13.5. The van der Waals surface area contributed by atoms with E-state index in [0.717, 1.165) is 11.3 Å². The molecule has 0 saturated carbocycles. The summed E-state index contributed by atoms with van der Waals surface area (Å²) in [6, 6.07) is 17.8. The summed E-state index contributed by atoms with van der Waals surface area (Å²) in [6.45, 7) is 4.58. The molecule has 0 fully saturated rings. The molecule has 3 nitrogen and oxygen atoms in total. The number of likely N-dealkylation sites (N-methyl/N-ethyl adjacent to an activating group) is 1. The summed E-state index contributed by atoms with van der Waals surface area (Å²) in [4.78, 5) is 14.3. The van der Waals surface area contributed by atoms with Gasteiger partial charge in [0.1, 0.15) is 5.75 Å².